The van der Waals surface area contributed by atoms with Gasteiger partial charge < -0.3 is 9.84 Å². The van der Waals surface area contributed by atoms with Crippen molar-refractivity contribution in [2.24, 2.45) is 5.10 Å². The fourth-order valence-corrected chi connectivity index (χ4v) is 2.06. The number of halogens is 1. The fraction of sp³-hybridized carbons (Fsp3) is 0.125. The third-order valence-corrected chi connectivity index (χ3v) is 3.26. The molecule has 0 bridgehead atoms. The maximum Gasteiger partial charge on any atom is 0.275 e. The van der Waals surface area contributed by atoms with Crippen LogP contribution in [0.2, 0.25) is 5.02 Å². The zero-order valence-electron chi connectivity index (χ0n) is 12.1. The first kappa shape index (κ1) is 15.9. The van der Waals surface area contributed by atoms with Crippen LogP contribution in [0, 0.1) is 0 Å². The minimum atomic E-state index is -0.501. The Morgan fingerprint density at radius 3 is 2.64 bits per heavy atom. The van der Waals surface area contributed by atoms with Gasteiger partial charge in [-0.05, 0) is 37.3 Å². The second-order valence-corrected chi connectivity index (χ2v) is 4.94. The zero-order valence-corrected chi connectivity index (χ0v) is 12.9. The number of phenolic OH excluding ortho intramolecular Hbond substituents is 1. The van der Waals surface area contributed by atoms with Gasteiger partial charge in [0.1, 0.15) is 11.5 Å². The first-order chi connectivity index (χ1) is 10.5. The minimum absolute atomic E-state index is 0.104. The molecule has 0 radical (unpaired) electrons. The number of rotatable bonds is 4. The van der Waals surface area contributed by atoms with Crippen molar-refractivity contribution in [3.05, 3.63) is 58.6 Å². The maximum atomic E-state index is 12.0. The molecule has 0 unspecified atom stereocenters. The molecule has 0 atom stereocenters. The summed E-state index contributed by atoms with van der Waals surface area (Å²) < 4.78 is 5.24. The number of phenols is 1. The maximum absolute atomic E-state index is 12.0. The van der Waals surface area contributed by atoms with Gasteiger partial charge in [0.25, 0.3) is 5.91 Å². The van der Waals surface area contributed by atoms with Crippen molar-refractivity contribution in [2.75, 3.05) is 7.11 Å². The van der Waals surface area contributed by atoms with Crippen molar-refractivity contribution in [3.8, 4) is 11.5 Å². The summed E-state index contributed by atoms with van der Waals surface area (Å²) in [5.41, 5.74) is 3.75. The standard InChI is InChI=1S/C16H15ClN2O3/c1-10(13-9-11(17)7-8-15(13)22-2)18-19-16(21)12-5-3-4-6-14(12)20/h3-9,20H,1-2H3,(H,19,21)/b18-10-. The van der Waals surface area contributed by atoms with Gasteiger partial charge in [0.15, 0.2) is 0 Å². The van der Waals surface area contributed by atoms with E-state index in [4.69, 9.17) is 16.3 Å². The van der Waals surface area contributed by atoms with Crippen LogP contribution in [0.3, 0.4) is 0 Å². The Balaban J connectivity index is 2.22. The molecule has 0 aliphatic heterocycles. The summed E-state index contributed by atoms with van der Waals surface area (Å²) in [5, 5.41) is 14.2. The summed E-state index contributed by atoms with van der Waals surface area (Å²) in [6.07, 6.45) is 0. The second-order valence-electron chi connectivity index (χ2n) is 4.50. The highest BCUT2D eigenvalue weighted by molar-refractivity contribution is 6.31. The Hall–Kier alpha value is -2.53. The Kier molecular flexibility index (Phi) is 5.01. The highest BCUT2D eigenvalue weighted by atomic mass is 35.5. The summed E-state index contributed by atoms with van der Waals surface area (Å²) in [6, 6.07) is 11.4. The molecule has 2 rings (SSSR count). The molecule has 0 aromatic heterocycles. The molecule has 22 heavy (non-hydrogen) atoms. The minimum Gasteiger partial charge on any atom is -0.507 e. The quantitative estimate of drug-likeness (QED) is 0.671. The van der Waals surface area contributed by atoms with Gasteiger partial charge in [-0.25, -0.2) is 5.43 Å². The van der Waals surface area contributed by atoms with E-state index in [0.29, 0.717) is 22.0 Å². The molecular formula is C16H15ClN2O3. The van der Waals surface area contributed by atoms with Gasteiger partial charge in [-0.2, -0.15) is 5.10 Å². The van der Waals surface area contributed by atoms with Crippen LogP contribution in [-0.4, -0.2) is 23.8 Å². The van der Waals surface area contributed by atoms with E-state index in [0.717, 1.165) is 0 Å². The molecule has 2 N–H and O–H groups in total. The molecule has 114 valence electrons. The molecule has 0 aliphatic carbocycles. The summed E-state index contributed by atoms with van der Waals surface area (Å²) in [4.78, 5) is 12.0. The average molecular weight is 319 g/mol. The number of para-hydroxylation sites is 1. The van der Waals surface area contributed by atoms with E-state index in [1.807, 2.05) is 0 Å². The van der Waals surface area contributed by atoms with Gasteiger partial charge in [-0.3, -0.25) is 4.79 Å². The number of carbonyl (C=O) groups is 1. The zero-order chi connectivity index (χ0) is 16.1. The van der Waals surface area contributed by atoms with Crippen molar-refractivity contribution < 1.29 is 14.6 Å². The molecule has 1 amide bonds. The second kappa shape index (κ2) is 6.95. The van der Waals surface area contributed by atoms with Crippen molar-refractivity contribution in [2.45, 2.75) is 6.92 Å². The predicted octanol–water partition coefficient (Wildman–Crippen LogP) is 3.21. The van der Waals surface area contributed by atoms with Crippen molar-refractivity contribution in [3.63, 3.8) is 0 Å². The van der Waals surface area contributed by atoms with Crippen LogP contribution in [-0.2, 0) is 0 Å². The first-order valence-corrected chi connectivity index (χ1v) is 6.87. The number of amides is 1. The van der Waals surface area contributed by atoms with Crippen LogP contribution < -0.4 is 10.2 Å². The molecule has 0 saturated carbocycles. The van der Waals surface area contributed by atoms with Crippen LogP contribution in [0.4, 0.5) is 0 Å². The van der Waals surface area contributed by atoms with E-state index in [-0.39, 0.29) is 11.3 Å². The number of hydrogen-bond acceptors (Lipinski definition) is 4. The summed E-state index contributed by atoms with van der Waals surface area (Å²) >= 11 is 5.97. The van der Waals surface area contributed by atoms with Crippen LogP contribution >= 0.6 is 11.6 Å². The molecule has 0 fully saturated rings. The molecular weight excluding hydrogens is 304 g/mol. The van der Waals surface area contributed by atoms with Gasteiger partial charge in [0.05, 0.1) is 18.4 Å². The number of nitrogens with zero attached hydrogens (tertiary/aromatic N) is 1. The van der Waals surface area contributed by atoms with Gasteiger partial charge >= 0.3 is 0 Å². The lowest BCUT2D eigenvalue weighted by atomic mass is 10.1. The number of aromatic hydroxyl groups is 1. The van der Waals surface area contributed by atoms with E-state index in [9.17, 15) is 9.90 Å². The van der Waals surface area contributed by atoms with Gasteiger partial charge in [0.2, 0.25) is 0 Å². The largest absolute Gasteiger partial charge is 0.507 e. The Bertz CT molecular complexity index is 729. The van der Waals surface area contributed by atoms with E-state index in [1.165, 1.54) is 12.1 Å². The summed E-state index contributed by atoms with van der Waals surface area (Å²) in [7, 11) is 1.54. The normalized spacial score (nSPS) is 11.1. The van der Waals surface area contributed by atoms with Gasteiger partial charge in [0, 0.05) is 10.6 Å². The molecule has 5 nitrogen and oxygen atoms in total. The van der Waals surface area contributed by atoms with E-state index >= 15 is 0 Å². The first-order valence-electron chi connectivity index (χ1n) is 6.49. The predicted molar refractivity (Wildman–Crippen MR) is 85.8 cm³/mol. The van der Waals surface area contributed by atoms with E-state index in [2.05, 4.69) is 10.5 Å². The highest BCUT2D eigenvalue weighted by Crippen LogP contribution is 2.23. The van der Waals surface area contributed by atoms with Crippen molar-refractivity contribution in [1.29, 1.82) is 0 Å². The number of nitrogens with one attached hydrogen (secondary N) is 1. The fourth-order valence-electron chi connectivity index (χ4n) is 1.88. The molecule has 2 aromatic carbocycles. The third kappa shape index (κ3) is 3.56. The van der Waals surface area contributed by atoms with E-state index in [1.54, 1.807) is 44.4 Å². The van der Waals surface area contributed by atoms with Gasteiger partial charge in [-0.15, -0.1) is 0 Å². The highest BCUT2D eigenvalue weighted by Gasteiger charge is 2.11. The lowest BCUT2D eigenvalue weighted by molar-refractivity contribution is 0.0952. The van der Waals surface area contributed by atoms with Crippen molar-refractivity contribution >= 4 is 23.2 Å². The number of carbonyl (C=O) groups excluding carboxylic acids is 1. The number of methoxy groups -OCH3 is 1. The molecule has 0 saturated heterocycles. The Labute approximate surface area is 133 Å². The smallest absolute Gasteiger partial charge is 0.275 e. The molecule has 6 heteroatoms. The number of benzene rings is 2. The number of hydrazone groups is 1. The number of ether oxygens (including phenoxy) is 1. The van der Waals surface area contributed by atoms with Crippen molar-refractivity contribution in [1.82, 2.24) is 5.43 Å². The van der Waals surface area contributed by atoms with Crippen LogP contribution in [0.1, 0.15) is 22.8 Å². The molecule has 0 aliphatic rings. The Morgan fingerprint density at radius 2 is 1.95 bits per heavy atom. The number of hydrogen-bond donors (Lipinski definition) is 2. The monoisotopic (exact) mass is 318 g/mol. The topological polar surface area (TPSA) is 70.9 Å². The third-order valence-electron chi connectivity index (χ3n) is 3.03. The lowest BCUT2D eigenvalue weighted by Crippen LogP contribution is -2.19. The van der Waals surface area contributed by atoms with Crippen LogP contribution in [0.15, 0.2) is 47.6 Å². The Morgan fingerprint density at radius 1 is 1.23 bits per heavy atom. The average Bonchev–Trinajstić information content (AvgIpc) is 2.52. The molecule has 0 heterocycles. The summed E-state index contributed by atoms with van der Waals surface area (Å²) in [5.74, 6) is -0.00547. The summed E-state index contributed by atoms with van der Waals surface area (Å²) in [6.45, 7) is 1.72. The SMILES string of the molecule is COc1ccc(Cl)cc1/C(C)=N\NC(=O)c1ccccc1O. The van der Waals surface area contributed by atoms with Crippen LogP contribution in [0.25, 0.3) is 0 Å². The van der Waals surface area contributed by atoms with Gasteiger partial charge in [-0.1, -0.05) is 23.7 Å². The molecule has 0 spiro atoms. The van der Waals surface area contributed by atoms with E-state index < -0.39 is 5.91 Å². The molecule has 2 aromatic rings. The van der Waals surface area contributed by atoms with Crippen LogP contribution in [0.5, 0.6) is 11.5 Å². The lowest BCUT2D eigenvalue weighted by Gasteiger charge is -2.09.